The number of aliphatic carboxylic acids is 1. The van der Waals surface area contributed by atoms with Gasteiger partial charge in [0.25, 0.3) is 0 Å². The number of rotatable bonds is 8. The number of hydrogen-bond donors (Lipinski definition) is 3. The van der Waals surface area contributed by atoms with Gasteiger partial charge in [-0.1, -0.05) is 19.8 Å². The standard InChI is InChI=1S/C11H18N2O3S.C5H10O2/c1-16-9(14)5-3-2-4-8-10-7(6-17-8)12-11(15)13-10;1-2-3-4-5(6)7/h7-8,10H,2-6H2,1H3,(H2,12,13,15);2-4H2,1H3,(H,6,7)/t7-,8-,10-;/m0./s1. The zero-order valence-electron chi connectivity index (χ0n) is 14.4. The number of methoxy groups -OCH3 is 1. The van der Waals surface area contributed by atoms with E-state index in [1.54, 1.807) is 0 Å². The Kier molecular flexibility index (Phi) is 9.59. The minimum absolute atomic E-state index is 0.0418. The summed E-state index contributed by atoms with van der Waals surface area (Å²) in [5.41, 5.74) is 0. The molecular weight excluding hydrogens is 332 g/mol. The third kappa shape index (κ3) is 7.42. The number of ether oxygens (including phenoxy) is 1. The lowest BCUT2D eigenvalue weighted by atomic mass is 10.0. The molecule has 3 atom stereocenters. The topological polar surface area (TPSA) is 105 Å². The fraction of sp³-hybridized carbons (Fsp3) is 0.812. The highest BCUT2D eigenvalue weighted by Crippen LogP contribution is 2.33. The summed E-state index contributed by atoms with van der Waals surface area (Å²) < 4.78 is 4.59. The maximum Gasteiger partial charge on any atom is 0.315 e. The van der Waals surface area contributed by atoms with Crippen LogP contribution < -0.4 is 10.6 Å². The molecule has 2 aliphatic heterocycles. The zero-order chi connectivity index (χ0) is 17.9. The molecule has 0 aromatic rings. The summed E-state index contributed by atoms with van der Waals surface area (Å²) in [4.78, 5) is 31.9. The van der Waals surface area contributed by atoms with Crippen molar-refractivity contribution in [3.8, 4) is 0 Å². The van der Waals surface area contributed by atoms with Gasteiger partial charge in [0.2, 0.25) is 0 Å². The Balaban J connectivity index is 0.000000351. The molecule has 0 aliphatic carbocycles. The van der Waals surface area contributed by atoms with Gasteiger partial charge in [-0.15, -0.1) is 0 Å². The molecule has 2 fully saturated rings. The number of carbonyl (C=O) groups is 3. The van der Waals surface area contributed by atoms with Crippen LogP contribution in [-0.2, 0) is 14.3 Å². The van der Waals surface area contributed by atoms with Crippen molar-refractivity contribution in [3.63, 3.8) is 0 Å². The predicted octanol–water partition coefficient (Wildman–Crippen LogP) is 2.15. The molecular formula is C16H28N2O5S. The minimum Gasteiger partial charge on any atom is -0.481 e. The average molecular weight is 360 g/mol. The van der Waals surface area contributed by atoms with Gasteiger partial charge in [-0.3, -0.25) is 9.59 Å². The largest absolute Gasteiger partial charge is 0.481 e. The fourth-order valence-electron chi connectivity index (χ4n) is 2.69. The number of urea groups is 1. The molecule has 0 aromatic carbocycles. The average Bonchev–Trinajstić information content (AvgIpc) is 3.09. The Morgan fingerprint density at radius 2 is 2.00 bits per heavy atom. The summed E-state index contributed by atoms with van der Waals surface area (Å²) >= 11 is 1.91. The van der Waals surface area contributed by atoms with Gasteiger partial charge in [-0.2, -0.15) is 11.8 Å². The van der Waals surface area contributed by atoms with E-state index in [2.05, 4.69) is 15.4 Å². The molecule has 3 N–H and O–H groups in total. The maximum absolute atomic E-state index is 11.2. The molecule has 0 saturated carbocycles. The van der Waals surface area contributed by atoms with Crippen LogP contribution in [0.25, 0.3) is 0 Å². The number of thioether (sulfide) groups is 1. The van der Waals surface area contributed by atoms with Gasteiger partial charge in [-0.05, 0) is 19.3 Å². The van der Waals surface area contributed by atoms with Crippen LogP contribution in [0.1, 0.15) is 51.9 Å². The van der Waals surface area contributed by atoms with Gasteiger partial charge in [0.05, 0.1) is 19.2 Å². The van der Waals surface area contributed by atoms with E-state index in [0.717, 1.165) is 37.9 Å². The van der Waals surface area contributed by atoms with E-state index in [9.17, 15) is 14.4 Å². The van der Waals surface area contributed by atoms with E-state index in [1.165, 1.54) is 7.11 Å². The molecule has 0 radical (unpaired) electrons. The van der Waals surface area contributed by atoms with E-state index < -0.39 is 5.97 Å². The second kappa shape index (κ2) is 11.2. The van der Waals surface area contributed by atoms with Crippen LogP contribution in [0.5, 0.6) is 0 Å². The molecule has 138 valence electrons. The molecule has 2 aliphatic rings. The van der Waals surface area contributed by atoms with Gasteiger partial charge < -0.3 is 20.5 Å². The van der Waals surface area contributed by atoms with Crippen LogP contribution in [0.4, 0.5) is 4.79 Å². The highest BCUT2D eigenvalue weighted by atomic mass is 32.2. The zero-order valence-corrected chi connectivity index (χ0v) is 15.2. The van der Waals surface area contributed by atoms with Crippen LogP contribution in [0.3, 0.4) is 0 Å². The van der Waals surface area contributed by atoms with Crippen LogP contribution in [-0.4, -0.2) is 53.3 Å². The molecule has 7 nitrogen and oxygen atoms in total. The Bertz CT molecular complexity index is 433. The Labute approximate surface area is 147 Å². The lowest BCUT2D eigenvalue weighted by Gasteiger charge is -2.16. The first-order valence-corrected chi connectivity index (χ1v) is 9.50. The second-order valence-corrected chi connectivity index (χ2v) is 7.21. The maximum atomic E-state index is 11.2. The van der Waals surface area contributed by atoms with Gasteiger partial charge >= 0.3 is 18.0 Å². The predicted molar refractivity (Wildman–Crippen MR) is 93.1 cm³/mol. The van der Waals surface area contributed by atoms with Gasteiger partial charge in [-0.25, -0.2) is 4.79 Å². The monoisotopic (exact) mass is 360 g/mol. The summed E-state index contributed by atoms with van der Waals surface area (Å²) in [5, 5.41) is 14.4. The van der Waals surface area contributed by atoms with Crippen LogP contribution in [0, 0.1) is 0 Å². The Morgan fingerprint density at radius 3 is 2.58 bits per heavy atom. The van der Waals surface area contributed by atoms with Crippen molar-refractivity contribution in [2.45, 2.75) is 69.2 Å². The van der Waals surface area contributed by atoms with Crippen LogP contribution in [0.2, 0.25) is 0 Å². The van der Waals surface area contributed by atoms with Crippen molar-refractivity contribution in [2.24, 2.45) is 0 Å². The fourth-order valence-corrected chi connectivity index (χ4v) is 4.23. The van der Waals surface area contributed by atoms with Crippen molar-refractivity contribution in [1.82, 2.24) is 10.6 Å². The summed E-state index contributed by atoms with van der Waals surface area (Å²) in [6.45, 7) is 1.98. The first-order valence-electron chi connectivity index (χ1n) is 8.45. The number of carboxylic acids is 1. The number of hydrogen-bond acceptors (Lipinski definition) is 5. The van der Waals surface area contributed by atoms with E-state index in [-0.39, 0.29) is 24.1 Å². The number of carbonyl (C=O) groups excluding carboxylic acids is 2. The van der Waals surface area contributed by atoms with Gasteiger partial charge in [0.1, 0.15) is 0 Å². The van der Waals surface area contributed by atoms with Crippen LogP contribution in [0.15, 0.2) is 0 Å². The Morgan fingerprint density at radius 1 is 1.25 bits per heavy atom. The van der Waals surface area contributed by atoms with Crippen molar-refractivity contribution < 1.29 is 24.2 Å². The molecule has 0 bridgehead atoms. The van der Waals surface area contributed by atoms with Crippen molar-refractivity contribution in [1.29, 1.82) is 0 Å². The van der Waals surface area contributed by atoms with Gasteiger partial charge in [0, 0.05) is 23.8 Å². The summed E-state index contributed by atoms with van der Waals surface area (Å²) in [5.74, 6) is 0.157. The first kappa shape index (κ1) is 20.6. The number of fused-ring (bicyclic) bond motifs is 1. The molecule has 2 rings (SSSR count). The third-order valence-corrected chi connectivity index (χ3v) is 5.54. The van der Waals surface area contributed by atoms with E-state index in [1.807, 2.05) is 18.7 Å². The molecule has 24 heavy (non-hydrogen) atoms. The Hall–Kier alpha value is -1.44. The van der Waals surface area contributed by atoms with E-state index >= 15 is 0 Å². The van der Waals surface area contributed by atoms with Crippen molar-refractivity contribution in [3.05, 3.63) is 0 Å². The first-order chi connectivity index (χ1) is 11.5. The molecule has 2 amide bonds. The lowest BCUT2D eigenvalue weighted by Crippen LogP contribution is -2.36. The minimum atomic E-state index is -0.693. The second-order valence-electron chi connectivity index (χ2n) is 5.94. The normalized spacial score (nSPS) is 24.2. The van der Waals surface area contributed by atoms with Gasteiger partial charge in [0.15, 0.2) is 0 Å². The molecule has 0 aromatic heterocycles. The lowest BCUT2D eigenvalue weighted by molar-refractivity contribution is -0.140. The summed E-state index contributed by atoms with van der Waals surface area (Å²) in [6.07, 6.45) is 5.49. The highest BCUT2D eigenvalue weighted by Gasteiger charge is 2.42. The molecule has 0 spiro atoms. The molecule has 2 saturated heterocycles. The number of carboxylic acid groups (broad SMARTS) is 1. The SMILES string of the molecule is CCCCC(=O)O.COC(=O)CCCC[C@@H]1SC[C@@H]2NC(=O)N[C@@H]21. The van der Waals surface area contributed by atoms with E-state index in [0.29, 0.717) is 18.1 Å². The molecule has 0 unspecified atom stereocenters. The third-order valence-electron chi connectivity index (χ3n) is 4.03. The molecule has 8 heteroatoms. The van der Waals surface area contributed by atoms with Crippen molar-refractivity contribution >= 4 is 29.7 Å². The highest BCUT2D eigenvalue weighted by molar-refractivity contribution is 8.00. The summed E-state index contributed by atoms with van der Waals surface area (Å²) in [6, 6.07) is 0.517. The van der Waals surface area contributed by atoms with Crippen molar-refractivity contribution in [2.75, 3.05) is 12.9 Å². The number of esters is 1. The number of unbranched alkanes of at least 4 members (excludes halogenated alkanes) is 2. The van der Waals surface area contributed by atoms with E-state index in [4.69, 9.17) is 5.11 Å². The smallest absolute Gasteiger partial charge is 0.315 e. The molecule has 2 heterocycles. The number of amides is 2. The number of nitrogens with one attached hydrogen (secondary N) is 2. The van der Waals surface area contributed by atoms with Crippen LogP contribution >= 0.6 is 11.8 Å². The summed E-state index contributed by atoms with van der Waals surface area (Å²) in [7, 11) is 1.42. The quantitative estimate of drug-likeness (QED) is 0.348.